The van der Waals surface area contributed by atoms with Crippen LogP contribution in [-0.4, -0.2) is 32.1 Å². The summed E-state index contributed by atoms with van der Waals surface area (Å²) in [6.45, 7) is 1.000. The number of nitrogens with one attached hydrogen (secondary N) is 1. The zero-order valence-electron chi connectivity index (χ0n) is 10.4. The second-order valence-electron chi connectivity index (χ2n) is 4.02. The van der Waals surface area contributed by atoms with Crippen molar-refractivity contribution in [2.75, 3.05) is 11.9 Å². The van der Waals surface area contributed by atoms with Crippen molar-refractivity contribution in [3.63, 3.8) is 0 Å². The van der Waals surface area contributed by atoms with Crippen LogP contribution >= 0.6 is 0 Å². The second kappa shape index (κ2) is 5.83. The summed E-state index contributed by atoms with van der Waals surface area (Å²) in [5.74, 6) is -1.13. The molecule has 2 N–H and O–H groups in total. The number of nitro benzene ring substituents is 1. The van der Waals surface area contributed by atoms with E-state index in [0.29, 0.717) is 13.1 Å². The Morgan fingerprint density at radius 3 is 2.90 bits per heavy atom. The number of nitrogens with zero attached hydrogens (tertiary/aromatic N) is 3. The summed E-state index contributed by atoms with van der Waals surface area (Å²) >= 11 is 0. The molecule has 0 saturated heterocycles. The summed E-state index contributed by atoms with van der Waals surface area (Å²) in [5.41, 5.74) is 0.0770. The summed E-state index contributed by atoms with van der Waals surface area (Å²) < 4.78 is 1.81. The van der Waals surface area contributed by atoms with Crippen LogP contribution in [0.15, 0.2) is 36.9 Å². The maximum Gasteiger partial charge on any atom is 0.337 e. The third-order valence-electron chi connectivity index (χ3n) is 2.69. The number of rotatable bonds is 6. The molecule has 0 aliphatic carbocycles. The van der Waals surface area contributed by atoms with E-state index in [1.54, 1.807) is 18.7 Å². The van der Waals surface area contributed by atoms with E-state index in [1.165, 1.54) is 18.2 Å². The van der Waals surface area contributed by atoms with Crippen LogP contribution in [0.5, 0.6) is 0 Å². The van der Waals surface area contributed by atoms with E-state index in [0.717, 1.165) is 0 Å². The number of carboxylic acids is 1. The highest BCUT2D eigenvalue weighted by atomic mass is 16.6. The van der Waals surface area contributed by atoms with Gasteiger partial charge in [-0.2, -0.15) is 0 Å². The maximum absolute atomic E-state index is 11.1. The summed E-state index contributed by atoms with van der Waals surface area (Å²) in [7, 11) is 0. The minimum atomic E-state index is -1.13. The first-order chi connectivity index (χ1) is 9.58. The lowest BCUT2D eigenvalue weighted by atomic mass is 10.1. The van der Waals surface area contributed by atoms with E-state index in [-0.39, 0.29) is 16.9 Å². The molecule has 0 radical (unpaired) electrons. The Labute approximate surface area is 113 Å². The summed E-state index contributed by atoms with van der Waals surface area (Å²) in [6.07, 6.45) is 5.04. The van der Waals surface area contributed by atoms with E-state index in [2.05, 4.69) is 10.3 Å². The molecule has 1 heterocycles. The number of carboxylic acid groups (broad SMARTS) is 1. The van der Waals surface area contributed by atoms with Gasteiger partial charge < -0.3 is 15.0 Å². The number of anilines is 1. The fraction of sp³-hybridized carbons (Fsp3) is 0.167. The zero-order valence-corrected chi connectivity index (χ0v) is 10.4. The van der Waals surface area contributed by atoms with Crippen LogP contribution < -0.4 is 5.32 Å². The smallest absolute Gasteiger partial charge is 0.337 e. The predicted octanol–water partition coefficient (Wildman–Crippen LogP) is 1.60. The Morgan fingerprint density at radius 1 is 1.50 bits per heavy atom. The lowest BCUT2D eigenvalue weighted by Crippen LogP contribution is -2.12. The van der Waals surface area contributed by atoms with Crippen molar-refractivity contribution in [3.05, 3.63) is 52.6 Å². The molecule has 0 fully saturated rings. The Balaban J connectivity index is 2.13. The SMILES string of the molecule is O=C(O)c1ccc([N+](=O)[O-])cc1NCCn1ccnc1. The molecule has 0 amide bonds. The molecular formula is C12H12N4O4. The Kier molecular flexibility index (Phi) is 3.94. The van der Waals surface area contributed by atoms with Crippen LogP contribution in [0.25, 0.3) is 0 Å². The number of nitro groups is 1. The minimum absolute atomic E-state index is 0.00114. The highest BCUT2D eigenvalue weighted by molar-refractivity contribution is 5.94. The van der Waals surface area contributed by atoms with Crippen LogP contribution in [0.1, 0.15) is 10.4 Å². The highest BCUT2D eigenvalue weighted by Gasteiger charge is 2.14. The minimum Gasteiger partial charge on any atom is -0.478 e. The molecule has 0 unspecified atom stereocenters. The van der Waals surface area contributed by atoms with E-state index < -0.39 is 10.9 Å². The maximum atomic E-state index is 11.1. The molecule has 8 nitrogen and oxygen atoms in total. The predicted molar refractivity (Wildman–Crippen MR) is 70.8 cm³/mol. The number of benzene rings is 1. The molecule has 0 aliphatic rings. The average molecular weight is 276 g/mol. The van der Waals surface area contributed by atoms with Crippen molar-refractivity contribution in [3.8, 4) is 0 Å². The monoisotopic (exact) mass is 276 g/mol. The van der Waals surface area contributed by atoms with Gasteiger partial charge in [0.25, 0.3) is 5.69 Å². The standard InChI is InChI=1S/C12H12N4O4/c17-12(18)10-2-1-9(16(19)20)7-11(10)14-4-6-15-5-3-13-8-15/h1-3,5,7-8,14H,4,6H2,(H,17,18). The van der Waals surface area contributed by atoms with Gasteiger partial charge in [-0.05, 0) is 6.07 Å². The lowest BCUT2D eigenvalue weighted by Gasteiger charge is -2.09. The third-order valence-corrected chi connectivity index (χ3v) is 2.69. The number of non-ortho nitro benzene ring substituents is 1. The number of hydrogen-bond donors (Lipinski definition) is 2. The normalized spacial score (nSPS) is 10.2. The third kappa shape index (κ3) is 3.10. The van der Waals surface area contributed by atoms with Gasteiger partial charge in [-0.3, -0.25) is 10.1 Å². The molecule has 2 rings (SSSR count). The van der Waals surface area contributed by atoms with E-state index in [9.17, 15) is 14.9 Å². The fourth-order valence-corrected chi connectivity index (χ4v) is 1.72. The molecule has 0 aliphatic heterocycles. The van der Waals surface area contributed by atoms with Gasteiger partial charge in [0.15, 0.2) is 0 Å². The van der Waals surface area contributed by atoms with Crippen molar-refractivity contribution in [2.45, 2.75) is 6.54 Å². The van der Waals surface area contributed by atoms with Crippen molar-refractivity contribution < 1.29 is 14.8 Å². The Bertz CT molecular complexity index is 624. The van der Waals surface area contributed by atoms with Gasteiger partial charge in [-0.25, -0.2) is 9.78 Å². The van der Waals surface area contributed by atoms with Crippen LogP contribution in [0.2, 0.25) is 0 Å². The van der Waals surface area contributed by atoms with Gasteiger partial charge in [-0.1, -0.05) is 0 Å². The molecule has 20 heavy (non-hydrogen) atoms. The number of aromatic nitrogens is 2. The highest BCUT2D eigenvalue weighted by Crippen LogP contribution is 2.22. The van der Waals surface area contributed by atoms with Gasteiger partial charge in [0, 0.05) is 37.6 Å². The molecule has 0 bridgehead atoms. The summed E-state index contributed by atoms with van der Waals surface area (Å²) in [4.78, 5) is 25.1. The number of hydrogen-bond acceptors (Lipinski definition) is 5. The van der Waals surface area contributed by atoms with Gasteiger partial charge in [0.05, 0.1) is 22.5 Å². The fourth-order valence-electron chi connectivity index (χ4n) is 1.72. The summed E-state index contributed by atoms with van der Waals surface area (Å²) in [5, 5.41) is 22.7. The van der Waals surface area contributed by atoms with Crippen LogP contribution in [0.3, 0.4) is 0 Å². The van der Waals surface area contributed by atoms with Crippen LogP contribution in [0.4, 0.5) is 11.4 Å². The first kappa shape index (κ1) is 13.5. The lowest BCUT2D eigenvalue weighted by molar-refractivity contribution is -0.384. The van der Waals surface area contributed by atoms with E-state index in [1.807, 2.05) is 4.57 Å². The molecule has 0 atom stereocenters. The molecule has 2 aromatic rings. The molecule has 104 valence electrons. The van der Waals surface area contributed by atoms with Crippen molar-refractivity contribution >= 4 is 17.3 Å². The molecule has 1 aromatic heterocycles. The first-order valence-corrected chi connectivity index (χ1v) is 5.79. The number of aromatic carboxylic acids is 1. The molecule has 1 aromatic carbocycles. The Morgan fingerprint density at radius 2 is 2.30 bits per heavy atom. The summed E-state index contributed by atoms with van der Waals surface area (Å²) in [6, 6.07) is 3.61. The molecule has 8 heteroatoms. The molecule has 0 spiro atoms. The van der Waals surface area contributed by atoms with Gasteiger partial charge >= 0.3 is 5.97 Å². The van der Waals surface area contributed by atoms with Crippen molar-refractivity contribution in [1.82, 2.24) is 9.55 Å². The number of carbonyl (C=O) groups is 1. The van der Waals surface area contributed by atoms with Crippen molar-refractivity contribution in [1.29, 1.82) is 0 Å². The quantitative estimate of drug-likeness (QED) is 0.612. The van der Waals surface area contributed by atoms with E-state index >= 15 is 0 Å². The van der Waals surface area contributed by atoms with Crippen molar-refractivity contribution in [2.24, 2.45) is 0 Å². The molecular weight excluding hydrogens is 264 g/mol. The Hall–Kier alpha value is -2.90. The van der Waals surface area contributed by atoms with Crippen LogP contribution in [-0.2, 0) is 6.54 Å². The first-order valence-electron chi connectivity index (χ1n) is 5.79. The average Bonchev–Trinajstić information content (AvgIpc) is 2.91. The van der Waals surface area contributed by atoms with Crippen LogP contribution in [0, 0.1) is 10.1 Å². The molecule has 0 saturated carbocycles. The second-order valence-corrected chi connectivity index (χ2v) is 4.02. The largest absolute Gasteiger partial charge is 0.478 e. The topological polar surface area (TPSA) is 110 Å². The zero-order chi connectivity index (χ0) is 14.5. The number of imidazole rings is 1. The van der Waals surface area contributed by atoms with Gasteiger partial charge in [0.1, 0.15) is 0 Å². The van der Waals surface area contributed by atoms with E-state index in [4.69, 9.17) is 5.11 Å². The van der Waals surface area contributed by atoms with Gasteiger partial charge in [-0.15, -0.1) is 0 Å². The van der Waals surface area contributed by atoms with Gasteiger partial charge in [0.2, 0.25) is 0 Å².